The van der Waals surface area contributed by atoms with Crippen molar-refractivity contribution in [2.24, 2.45) is 0 Å². The second-order valence-electron chi connectivity index (χ2n) is 5.38. The predicted octanol–water partition coefficient (Wildman–Crippen LogP) is 1.49. The molecule has 0 atom stereocenters. The monoisotopic (exact) mass is 310 g/mol. The summed E-state index contributed by atoms with van der Waals surface area (Å²) in [6.45, 7) is -0.174. The number of aliphatic hydroxyl groups is 1. The van der Waals surface area contributed by atoms with Crippen molar-refractivity contribution in [1.82, 2.24) is 10.6 Å². The van der Waals surface area contributed by atoms with E-state index >= 15 is 0 Å². The average Bonchev–Trinajstić information content (AvgIpc) is 2.94. The molecule has 0 aliphatic heterocycles. The lowest BCUT2D eigenvalue weighted by Crippen LogP contribution is -2.52. The fourth-order valence-corrected chi connectivity index (χ4v) is 2.70. The lowest BCUT2D eigenvalue weighted by atomic mass is 9.99. The highest BCUT2D eigenvalue weighted by Crippen LogP contribution is 2.28. The maximum atomic E-state index is 11.9. The Morgan fingerprint density at radius 1 is 1.19 bits per heavy atom. The van der Waals surface area contributed by atoms with E-state index in [4.69, 9.17) is 11.6 Å². The van der Waals surface area contributed by atoms with Crippen LogP contribution in [0, 0.1) is 0 Å². The molecule has 2 rings (SSSR count). The summed E-state index contributed by atoms with van der Waals surface area (Å²) in [4.78, 5) is 23.8. The van der Waals surface area contributed by atoms with E-state index in [0.29, 0.717) is 10.6 Å². The Bertz CT molecular complexity index is 510. The number of rotatable bonds is 5. The Morgan fingerprint density at radius 2 is 1.81 bits per heavy atom. The summed E-state index contributed by atoms with van der Waals surface area (Å²) in [5, 5.41) is 15.4. The Labute approximate surface area is 128 Å². The van der Waals surface area contributed by atoms with Gasteiger partial charge in [0.2, 0.25) is 5.91 Å². The van der Waals surface area contributed by atoms with E-state index in [2.05, 4.69) is 10.6 Å². The van der Waals surface area contributed by atoms with Gasteiger partial charge in [-0.15, -0.1) is 0 Å². The van der Waals surface area contributed by atoms with Gasteiger partial charge in [-0.3, -0.25) is 9.59 Å². The molecule has 0 saturated heterocycles. The van der Waals surface area contributed by atoms with Crippen molar-refractivity contribution in [3.63, 3.8) is 0 Å². The molecular weight excluding hydrogens is 292 g/mol. The zero-order valence-electron chi connectivity index (χ0n) is 11.7. The van der Waals surface area contributed by atoms with Gasteiger partial charge in [0.15, 0.2) is 0 Å². The minimum atomic E-state index is -0.512. The summed E-state index contributed by atoms with van der Waals surface area (Å²) in [7, 11) is 0. The molecule has 0 unspecified atom stereocenters. The number of nitrogens with one attached hydrogen (secondary N) is 2. The molecule has 21 heavy (non-hydrogen) atoms. The van der Waals surface area contributed by atoms with Gasteiger partial charge in [0.05, 0.1) is 18.7 Å². The molecule has 0 heterocycles. The van der Waals surface area contributed by atoms with Gasteiger partial charge in [-0.25, -0.2) is 0 Å². The molecule has 1 aromatic rings. The van der Waals surface area contributed by atoms with Crippen LogP contribution in [0.3, 0.4) is 0 Å². The SMILES string of the molecule is O=C(CNC(=O)c1ccc(Cl)cc1)NC1(CO)CCCC1. The van der Waals surface area contributed by atoms with Crippen LogP contribution in [0.1, 0.15) is 36.0 Å². The molecule has 1 aliphatic carbocycles. The van der Waals surface area contributed by atoms with Crippen molar-refractivity contribution in [2.75, 3.05) is 13.2 Å². The van der Waals surface area contributed by atoms with Crippen LogP contribution in [0.25, 0.3) is 0 Å². The number of aliphatic hydroxyl groups excluding tert-OH is 1. The van der Waals surface area contributed by atoms with E-state index in [0.717, 1.165) is 25.7 Å². The highest BCUT2D eigenvalue weighted by molar-refractivity contribution is 6.30. The Kier molecular flexibility index (Phi) is 5.20. The lowest BCUT2D eigenvalue weighted by Gasteiger charge is -2.28. The molecule has 1 aliphatic rings. The molecule has 0 aromatic heterocycles. The predicted molar refractivity (Wildman–Crippen MR) is 80.2 cm³/mol. The van der Waals surface area contributed by atoms with Gasteiger partial charge in [-0.1, -0.05) is 24.4 Å². The molecule has 0 spiro atoms. The number of benzene rings is 1. The summed E-state index contributed by atoms with van der Waals surface area (Å²) in [6.07, 6.45) is 3.55. The molecule has 6 heteroatoms. The van der Waals surface area contributed by atoms with Crippen LogP contribution >= 0.6 is 11.6 Å². The molecule has 2 amide bonds. The molecule has 1 fully saturated rings. The largest absolute Gasteiger partial charge is 0.394 e. The third-order valence-corrected chi connectivity index (χ3v) is 4.04. The number of halogens is 1. The summed E-state index contributed by atoms with van der Waals surface area (Å²) >= 11 is 5.75. The van der Waals surface area contributed by atoms with Crippen molar-refractivity contribution >= 4 is 23.4 Å². The standard InChI is InChI=1S/C15H19ClN2O3/c16-12-5-3-11(4-6-12)14(21)17-9-13(20)18-15(10-19)7-1-2-8-15/h3-6,19H,1-2,7-10H2,(H,17,21)(H,18,20). The number of carbonyl (C=O) groups excluding carboxylic acids is 2. The van der Waals surface area contributed by atoms with Crippen molar-refractivity contribution in [3.8, 4) is 0 Å². The third-order valence-electron chi connectivity index (χ3n) is 3.78. The molecule has 1 aromatic carbocycles. The van der Waals surface area contributed by atoms with Crippen molar-refractivity contribution in [1.29, 1.82) is 0 Å². The van der Waals surface area contributed by atoms with Crippen molar-refractivity contribution in [2.45, 2.75) is 31.2 Å². The second-order valence-corrected chi connectivity index (χ2v) is 5.82. The number of amides is 2. The van der Waals surface area contributed by atoms with Gasteiger partial charge >= 0.3 is 0 Å². The molecule has 3 N–H and O–H groups in total. The highest BCUT2D eigenvalue weighted by Gasteiger charge is 2.34. The smallest absolute Gasteiger partial charge is 0.251 e. The second kappa shape index (κ2) is 6.91. The first-order valence-corrected chi connectivity index (χ1v) is 7.38. The van der Waals surface area contributed by atoms with Crippen LogP contribution in [-0.2, 0) is 4.79 Å². The van der Waals surface area contributed by atoms with E-state index in [1.165, 1.54) is 0 Å². The first kappa shape index (κ1) is 15.8. The zero-order valence-corrected chi connectivity index (χ0v) is 12.4. The fourth-order valence-electron chi connectivity index (χ4n) is 2.58. The summed E-state index contributed by atoms with van der Waals surface area (Å²) < 4.78 is 0. The van der Waals surface area contributed by atoms with Gasteiger partial charge in [-0.2, -0.15) is 0 Å². The first-order valence-electron chi connectivity index (χ1n) is 7.00. The van der Waals surface area contributed by atoms with Crippen LogP contribution < -0.4 is 10.6 Å². The fraction of sp³-hybridized carbons (Fsp3) is 0.467. The van der Waals surface area contributed by atoms with E-state index in [1.807, 2.05) is 0 Å². The molecule has 0 radical (unpaired) electrons. The topological polar surface area (TPSA) is 78.4 Å². The van der Waals surface area contributed by atoms with Crippen molar-refractivity contribution < 1.29 is 14.7 Å². The summed E-state index contributed by atoms with van der Waals surface area (Å²) in [6, 6.07) is 6.44. The lowest BCUT2D eigenvalue weighted by molar-refractivity contribution is -0.122. The van der Waals surface area contributed by atoms with Gasteiger partial charge in [-0.05, 0) is 37.1 Å². The van der Waals surface area contributed by atoms with Gasteiger partial charge in [0.1, 0.15) is 0 Å². The third kappa shape index (κ3) is 4.19. The van der Waals surface area contributed by atoms with E-state index in [9.17, 15) is 14.7 Å². The minimum Gasteiger partial charge on any atom is -0.394 e. The Hall–Kier alpha value is -1.59. The summed E-state index contributed by atoms with van der Waals surface area (Å²) in [5.41, 5.74) is -0.0628. The van der Waals surface area contributed by atoms with Crippen molar-refractivity contribution in [3.05, 3.63) is 34.9 Å². The normalized spacial score (nSPS) is 16.5. The molecule has 0 bridgehead atoms. The van der Waals surface area contributed by atoms with Gasteiger partial charge < -0.3 is 15.7 Å². The van der Waals surface area contributed by atoms with Gasteiger partial charge in [0.25, 0.3) is 5.91 Å². The number of carbonyl (C=O) groups is 2. The van der Waals surface area contributed by atoms with Crippen LogP contribution in [-0.4, -0.2) is 35.6 Å². The Balaban J connectivity index is 1.83. The van der Waals surface area contributed by atoms with Crippen LogP contribution in [0.5, 0.6) is 0 Å². The quantitative estimate of drug-likeness (QED) is 0.771. The van der Waals surface area contributed by atoms with Crippen LogP contribution in [0.2, 0.25) is 5.02 Å². The first-order chi connectivity index (χ1) is 10.0. The van der Waals surface area contributed by atoms with Crippen LogP contribution in [0.15, 0.2) is 24.3 Å². The molecule has 5 nitrogen and oxygen atoms in total. The maximum absolute atomic E-state index is 11.9. The molecule has 1 saturated carbocycles. The Morgan fingerprint density at radius 3 is 2.38 bits per heavy atom. The summed E-state index contributed by atoms with van der Waals surface area (Å²) in [5.74, 6) is -0.612. The molecular formula is C15H19ClN2O3. The minimum absolute atomic E-state index is 0.0656. The van der Waals surface area contributed by atoms with Crippen LogP contribution in [0.4, 0.5) is 0 Å². The maximum Gasteiger partial charge on any atom is 0.251 e. The average molecular weight is 311 g/mol. The molecule has 114 valence electrons. The van der Waals surface area contributed by atoms with E-state index in [1.54, 1.807) is 24.3 Å². The van der Waals surface area contributed by atoms with E-state index in [-0.39, 0.29) is 25.0 Å². The highest BCUT2D eigenvalue weighted by atomic mass is 35.5. The zero-order chi connectivity index (χ0) is 15.3. The number of hydrogen-bond acceptors (Lipinski definition) is 3. The van der Waals surface area contributed by atoms with E-state index < -0.39 is 5.54 Å². The van der Waals surface area contributed by atoms with Gasteiger partial charge in [0, 0.05) is 10.6 Å². The number of hydrogen-bond donors (Lipinski definition) is 3.